The summed E-state index contributed by atoms with van der Waals surface area (Å²) < 4.78 is 0. The predicted molar refractivity (Wildman–Crippen MR) is 74.0 cm³/mol. The third kappa shape index (κ3) is 3.23. The van der Waals surface area contributed by atoms with Gasteiger partial charge in [-0.15, -0.1) is 0 Å². The van der Waals surface area contributed by atoms with Crippen molar-refractivity contribution in [2.24, 2.45) is 17.1 Å². The maximum absolute atomic E-state index is 6.28. The van der Waals surface area contributed by atoms with E-state index in [1.54, 1.807) is 0 Å². The summed E-state index contributed by atoms with van der Waals surface area (Å²) >= 11 is 0. The molecule has 0 aromatic heterocycles. The van der Waals surface area contributed by atoms with Crippen molar-refractivity contribution in [2.75, 3.05) is 13.1 Å². The zero-order chi connectivity index (χ0) is 12.5. The van der Waals surface area contributed by atoms with Crippen molar-refractivity contribution in [3.8, 4) is 0 Å². The molecule has 1 aliphatic carbocycles. The smallest absolute Gasteiger partial charge is 0.0123 e. The van der Waals surface area contributed by atoms with Crippen molar-refractivity contribution >= 4 is 0 Å². The van der Waals surface area contributed by atoms with Gasteiger partial charge in [0, 0.05) is 12.1 Å². The van der Waals surface area contributed by atoms with Gasteiger partial charge in [-0.3, -0.25) is 0 Å². The van der Waals surface area contributed by atoms with Crippen LogP contribution in [0.1, 0.15) is 59.3 Å². The maximum atomic E-state index is 6.28. The zero-order valence-electron chi connectivity index (χ0n) is 11.9. The number of fused-ring (bicyclic) bond motifs is 1. The predicted octanol–water partition coefficient (Wildman–Crippen LogP) is 3.01. The Morgan fingerprint density at radius 2 is 1.88 bits per heavy atom. The number of likely N-dealkylation sites (tertiary alicyclic amines) is 1. The minimum Gasteiger partial charge on any atom is -0.327 e. The average molecular weight is 238 g/mol. The van der Waals surface area contributed by atoms with Crippen molar-refractivity contribution in [1.29, 1.82) is 0 Å². The van der Waals surface area contributed by atoms with Crippen LogP contribution in [0.2, 0.25) is 0 Å². The van der Waals surface area contributed by atoms with E-state index in [2.05, 4.69) is 25.7 Å². The van der Waals surface area contributed by atoms with Crippen LogP contribution in [0.25, 0.3) is 0 Å². The summed E-state index contributed by atoms with van der Waals surface area (Å²) in [4.78, 5) is 2.74. The Kier molecular flexibility index (Phi) is 4.14. The summed E-state index contributed by atoms with van der Waals surface area (Å²) in [5.74, 6) is 1.01. The molecule has 2 heteroatoms. The molecule has 2 fully saturated rings. The first-order valence-corrected chi connectivity index (χ1v) is 7.48. The van der Waals surface area contributed by atoms with E-state index in [-0.39, 0.29) is 5.41 Å². The number of piperidine rings is 1. The molecule has 1 saturated heterocycles. The van der Waals surface area contributed by atoms with E-state index in [4.69, 9.17) is 5.73 Å². The minimum absolute atomic E-state index is 0.255. The molecular weight excluding hydrogens is 208 g/mol. The van der Waals surface area contributed by atoms with Crippen LogP contribution in [0.4, 0.5) is 0 Å². The molecule has 0 radical (unpaired) electrons. The Hall–Kier alpha value is -0.0800. The van der Waals surface area contributed by atoms with Gasteiger partial charge in [0.15, 0.2) is 0 Å². The van der Waals surface area contributed by atoms with Crippen LogP contribution < -0.4 is 5.73 Å². The largest absolute Gasteiger partial charge is 0.327 e. The lowest BCUT2D eigenvalue weighted by Crippen LogP contribution is -2.45. The second-order valence-electron chi connectivity index (χ2n) is 7.20. The van der Waals surface area contributed by atoms with E-state index >= 15 is 0 Å². The van der Waals surface area contributed by atoms with E-state index in [1.807, 2.05) is 0 Å². The second kappa shape index (κ2) is 5.27. The normalized spacial score (nSPS) is 32.5. The van der Waals surface area contributed by atoms with Crippen molar-refractivity contribution in [1.82, 2.24) is 4.90 Å². The molecule has 17 heavy (non-hydrogen) atoms. The summed E-state index contributed by atoms with van der Waals surface area (Å²) in [6.45, 7) is 9.31. The third-order valence-corrected chi connectivity index (χ3v) is 4.95. The summed E-state index contributed by atoms with van der Waals surface area (Å²) in [5, 5.41) is 0. The van der Waals surface area contributed by atoms with E-state index in [0.717, 1.165) is 18.4 Å². The van der Waals surface area contributed by atoms with Gasteiger partial charge in [0.2, 0.25) is 0 Å². The Morgan fingerprint density at radius 1 is 1.18 bits per heavy atom. The lowest BCUT2D eigenvalue weighted by molar-refractivity contribution is 0.104. The molecule has 100 valence electrons. The Balaban J connectivity index is 1.82. The van der Waals surface area contributed by atoms with Gasteiger partial charge in [-0.1, -0.05) is 27.2 Å². The Morgan fingerprint density at radius 3 is 2.59 bits per heavy atom. The van der Waals surface area contributed by atoms with Crippen LogP contribution in [-0.4, -0.2) is 30.1 Å². The fourth-order valence-corrected chi connectivity index (χ4v) is 3.57. The van der Waals surface area contributed by atoms with Gasteiger partial charge in [-0.25, -0.2) is 0 Å². The molecule has 0 amide bonds. The average Bonchev–Trinajstić information content (AvgIpc) is 2.72. The van der Waals surface area contributed by atoms with E-state index < -0.39 is 0 Å². The summed E-state index contributed by atoms with van der Waals surface area (Å²) in [7, 11) is 0. The molecule has 2 aliphatic rings. The van der Waals surface area contributed by atoms with Crippen LogP contribution in [-0.2, 0) is 0 Å². The van der Waals surface area contributed by atoms with Gasteiger partial charge >= 0.3 is 0 Å². The first kappa shape index (κ1) is 13.4. The topological polar surface area (TPSA) is 29.3 Å². The molecule has 0 bridgehead atoms. The number of hydrogen-bond acceptors (Lipinski definition) is 2. The Bertz CT molecular complexity index is 244. The number of hydrogen-bond donors (Lipinski definition) is 1. The molecule has 3 atom stereocenters. The van der Waals surface area contributed by atoms with Crippen molar-refractivity contribution in [2.45, 2.75) is 71.4 Å². The van der Waals surface area contributed by atoms with Gasteiger partial charge in [-0.05, 0) is 56.5 Å². The van der Waals surface area contributed by atoms with Gasteiger partial charge in [0.25, 0.3) is 0 Å². The molecule has 2 N–H and O–H groups in total. The molecule has 2 nitrogen and oxygen atoms in total. The molecule has 1 saturated carbocycles. The van der Waals surface area contributed by atoms with E-state index in [9.17, 15) is 0 Å². The number of nitrogens with two attached hydrogens (primary N) is 1. The first-order chi connectivity index (χ1) is 7.98. The highest BCUT2D eigenvalue weighted by Gasteiger charge is 2.35. The fourth-order valence-electron chi connectivity index (χ4n) is 3.57. The lowest BCUT2D eigenvalue weighted by Gasteiger charge is -2.39. The molecule has 3 unspecified atom stereocenters. The van der Waals surface area contributed by atoms with Crippen LogP contribution in [0, 0.1) is 11.3 Å². The number of rotatable bonds is 3. The van der Waals surface area contributed by atoms with Crippen molar-refractivity contribution in [3.63, 3.8) is 0 Å². The highest BCUT2D eigenvalue weighted by molar-refractivity contribution is 4.90. The molecule has 1 heterocycles. The molecule has 0 spiro atoms. The summed E-state index contributed by atoms with van der Waals surface area (Å²) in [6, 6.07) is 1.24. The van der Waals surface area contributed by atoms with Gasteiger partial charge < -0.3 is 10.6 Å². The Labute approximate surface area is 107 Å². The maximum Gasteiger partial charge on any atom is 0.0123 e. The van der Waals surface area contributed by atoms with E-state index in [1.165, 1.54) is 45.2 Å². The fraction of sp³-hybridized carbons (Fsp3) is 1.00. The monoisotopic (exact) mass is 238 g/mol. The zero-order valence-corrected chi connectivity index (χ0v) is 11.9. The van der Waals surface area contributed by atoms with E-state index in [0.29, 0.717) is 6.04 Å². The standard InChI is InChI=1S/C15H30N2/c1-15(2,3)14(16)9-11-17-10-5-7-12-6-4-8-13(12)17/h12-14H,4-11,16H2,1-3H3. The highest BCUT2D eigenvalue weighted by Crippen LogP contribution is 2.37. The van der Waals surface area contributed by atoms with Crippen LogP contribution >= 0.6 is 0 Å². The molecule has 0 aromatic rings. The van der Waals surface area contributed by atoms with Crippen LogP contribution in [0.3, 0.4) is 0 Å². The van der Waals surface area contributed by atoms with Crippen LogP contribution in [0.15, 0.2) is 0 Å². The molecule has 0 aromatic carbocycles. The SMILES string of the molecule is CC(C)(C)C(N)CCN1CCCC2CCCC21. The van der Waals surface area contributed by atoms with Gasteiger partial charge in [-0.2, -0.15) is 0 Å². The molecule has 2 rings (SSSR count). The lowest BCUT2D eigenvalue weighted by atomic mass is 9.85. The van der Waals surface area contributed by atoms with Gasteiger partial charge in [0.1, 0.15) is 0 Å². The molecular formula is C15H30N2. The van der Waals surface area contributed by atoms with Crippen molar-refractivity contribution in [3.05, 3.63) is 0 Å². The van der Waals surface area contributed by atoms with Crippen LogP contribution in [0.5, 0.6) is 0 Å². The second-order valence-corrected chi connectivity index (χ2v) is 7.20. The summed E-state index contributed by atoms with van der Waals surface area (Å²) in [6.07, 6.45) is 8.42. The first-order valence-electron chi connectivity index (χ1n) is 7.48. The highest BCUT2D eigenvalue weighted by atomic mass is 15.2. The molecule has 1 aliphatic heterocycles. The number of nitrogens with zero attached hydrogens (tertiary/aromatic N) is 1. The third-order valence-electron chi connectivity index (χ3n) is 4.95. The van der Waals surface area contributed by atoms with Crippen molar-refractivity contribution < 1.29 is 0 Å². The van der Waals surface area contributed by atoms with Gasteiger partial charge in [0.05, 0.1) is 0 Å². The summed E-state index contributed by atoms with van der Waals surface area (Å²) in [5.41, 5.74) is 6.53. The minimum atomic E-state index is 0.255. The quantitative estimate of drug-likeness (QED) is 0.819.